The van der Waals surface area contributed by atoms with Crippen LogP contribution in [0.1, 0.15) is 105 Å². The number of hydrogen-bond donors (Lipinski definition) is 8. The summed E-state index contributed by atoms with van der Waals surface area (Å²) in [6, 6.07) is 86.9. The molecule has 616 valence electrons. The van der Waals surface area contributed by atoms with E-state index in [0.29, 0.717) is 36.3 Å². The van der Waals surface area contributed by atoms with Crippen molar-refractivity contribution in [2.45, 2.75) is 133 Å². The van der Waals surface area contributed by atoms with Crippen molar-refractivity contribution in [2.75, 3.05) is 96.5 Å². The summed E-state index contributed by atoms with van der Waals surface area (Å²) >= 11 is 3.66. The van der Waals surface area contributed by atoms with Crippen molar-refractivity contribution < 1.29 is 8.78 Å². The standard InChI is InChI=1S/C24H24N2S.C21H22N4.2C20H22FN3.C17H22N2S/c1-2-4-20-15-18(5-6-19(20)3-1)17-26(22-9-12-25-13-10-22)23-7-8-24-21(16-23)11-14-27-24;22-14-16-1-3-17(4-2-16)15-25(19-8-10-23-11-9-19)20-5-6-21-18(13-20)7-12-24-21;21-17-3-1-2-15(12-17)14-24(18-7-9-22-10-8-18)19-4-5-20-16(13-19)6-11-23-20;21-19-4-2-1-3-16(19)14-24(17-8-10-22-11-9-17)18-5-6-20-15(13-18)7-12-23-20;1-2-13(1)12-19(15-5-8-18-9-6-15)16-3-4-17-14(11-16)7-10-20-17/h1-8,11,14-16,22,25H,9-10,12-13,17H2;1-7,12-13,19,23-24H,8-11,15H2;1-6,11-13,18,22-23H,7-10,14H2;1-7,12-13,17,22-23H,8-11,14H2;3-4,7,10-11,13,15,18H,1-2,5-6,8-9,12H2. The number of aromatic nitrogens is 3. The largest absolute Gasteiger partial charge is 0.368 e. The number of halogens is 2. The van der Waals surface area contributed by atoms with E-state index in [0.717, 1.165) is 150 Å². The van der Waals surface area contributed by atoms with Crippen LogP contribution in [-0.4, -0.2) is 117 Å². The number of fused-ring (bicyclic) bond motifs is 6. The van der Waals surface area contributed by atoms with E-state index >= 15 is 0 Å². The smallest absolute Gasteiger partial charge is 0.128 e. The van der Waals surface area contributed by atoms with Gasteiger partial charge in [0.15, 0.2) is 0 Å². The Kier molecular flexibility index (Phi) is 27.2. The van der Waals surface area contributed by atoms with Crippen molar-refractivity contribution in [1.29, 1.82) is 5.26 Å². The van der Waals surface area contributed by atoms with Crippen LogP contribution in [-0.2, 0) is 26.2 Å². The fourth-order valence-electron chi connectivity index (χ4n) is 18.3. The number of piperidine rings is 5. The molecule has 0 spiro atoms. The minimum Gasteiger partial charge on any atom is -0.368 e. The highest BCUT2D eigenvalue weighted by Gasteiger charge is 2.31. The van der Waals surface area contributed by atoms with E-state index in [9.17, 15) is 8.78 Å². The summed E-state index contributed by atoms with van der Waals surface area (Å²) in [5, 5.41) is 39.7. The molecule has 10 heterocycles. The van der Waals surface area contributed by atoms with Gasteiger partial charge in [0.05, 0.1) is 11.6 Å². The molecule has 0 radical (unpaired) electrons. The molecule has 0 unspecified atom stereocenters. The normalized spacial score (nSPS) is 16.3. The molecule has 5 aromatic heterocycles. The topological polar surface area (TPSA) is 148 Å². The molecule has 15 aromatic rings. The second-order valence-corrected chi connectivity index (χ2v) is 35.2. The Bertz CT molecular complexity index is 5810. The average Bonchev–Trinajstić information content (AvgIpc) is 1.49. The first-order valence-electron chi connectivity index (χ1n) is 43.7. The maximum atomic E-state index is 14.2. The number of benzene rings is 10. The first-order chi connectivity index (χ1) is 59.2. The minimum absolute atomic E-state index is 0.126. The Morgan fingerprint density at radius 2 is 0.708 bits per heavy atom. The van der Waals surface area contributed by atoms with Crippen LogP contribution in [0, 0.1) is 28.9 Å². The van der Waals surface area contributed by atoms with Gasteiger partial charge in [0.25, 0.3) is 0 Å². The third kappa shape index (κ3) is 20.9. The summed E-state index contributed by atoms with van der Waals surface area (Å²) in [4.78, 5) is 22.4. The summed E-state index contributed by atoms with van der Waals surface area (Å²) in [5.74, 6) is 0.654. The van der Waals surface area contributed by atoms with Crippen LogP contribution in [0.3, 0.4) is 0 Å². The molecule has 5 saturated heterocycles. The van der Waals surface area contributed by atoms with Gasteiger partial charge >= 0.3 is 0 Å². The van der Waals surface area contributed by atoms with Crippen LogP contribution in [0.5, 0.6) is 0 Å². The molecule has 1 aliphatic carbocycles. The van der Waals surface area contributed by atoms with Crippen LogP contribution >= 0.6 is 22.7 Å². The zero-order chi connectivity index (χ0) is 81.2. The molecular formula is C102H112F2N14S2. The summed E-state index contributed by atoms with van der Waals surface area (Å²) < 4.78 is 30.6. The van der Waals surface area contributed by atoms with Crippen LogP contribution in [0.4, 0.5) is 37.2 Å². The SMILES string of the molecule is Fc1cccc(CN(c2ccc3[nH]ccc3c2)C2CCNCC2)c1.Fc1ccccc1CN(c1ccc2[nH]ccc2c1)C1CCNCC1.N#Cc1ccc(CN(c2ccc3[nH]ccc3c2)C2CCNCC2)cc1.c1cc2cc(N(CC3CC3)C3CCNCC3)ccc2s1.c1ccc2cc(CN(c3ccc4sccc4c3)C3CCNCC3)ccc2c1. The summed E-state index contributed by atoms with van der Waals surface area (Å²) in [7, 11) is 0. The van der Waals surface area contributed by atoms with E-state index in [1.165, 1.54) is 151 Å². The Labute approximate surface area is 713 Å². The van der Waals surface area contributed by atoms with Crippen molar-refractivity contribution in [3.63, 3.8) is 0 Å². The van der Waals surface area contributed by atoms with Crippen molar-refractivity contribution in [1.82, 2.24) is 41.5 Å². The first-order valence-corrected chi connectivity index (χ1v) is 45.4. The van der Waals surface area contributed by atoms with E-state index in [4.69, 9.17) is 5.26 Å². The average molecular weight is 1640 g/mol. The monoisotopic (exact) mass is 1630 g/mol. The highest BCUT2D eigenvalue weighted by molar-refractivity contribution is 7.17. The third-order valence-electron chi connectivity index (χ3n) is 25.2. The molecule has 0 atom stereocenters. The van der Waals surface area contributed by atoms with E-state index in [-0.39, 0.29) is 11.6 Å². The van der Waals surface area contributed by atoms with E-state index in [1.807, 2.05) is 71.6 Å². The third-order valence-corrected chi connectivity index (χ3v) is 27.0. The Hall–Kier alpha value is -10.9. The number of nitrogens with zero attached hydrogens (tertiary/aromatic N) is 6. The maximum absolute atomic E-state index is 14.2. The van der Waals surface area contributed by atoms with Crippen LogP contribution in [0.25, 0.3) is 63.7 Å². The van der Waals surface area contributed by atoms with Gasteiger partial charge in [-0.1, -0.05) is 78.9 Å². The lowest BCUT2D eigenvalue weighted by molar-refractivity contribution is 0.425. The number of nitriles is 1. The first kappa shape index (κ1) is 81.5. The molecule has 6 fully saturated rings. The zero-order valence-electron chi connectivity index (χ0n) is 68.7. The molecule has 0 amide bonds. The van der Waals surface area contributed by atoms with Crippen LogP contribution in [0.15, 0.2) is 266 Å². The second kappa shape index (κ2) is 40.0. The number of aromatic amines is 3. The molecular weight excluding hydrogens is 1520 g/mol. The molecule has 5 aliphatic heterocycles. The Morgan fingerprint density at radius 3 is 1.16 bits per heavy atom. The summed E-state index contributed by atoms with van der Waals surface area (Å²) in [5.41, 5.74) is 15.0. The predicted molar refractivity (Wildman–Crippen MR) is 501 cm³/mol. The van der Waals surface area contributed by atoms with Gasteiger partial charge in [-0.3, -0.25) is 0 Å². The molecule has 18 heteroatoms. The van der Waals surface area contributed by atoms with Gasteiger partial charge in [0.2, 0.25) is 0 Å². The van der Waals surface area contributed by atoms with Gasteiger partial charge in [-0.05, 0) is 355 Å². The number of thiophene rings is 2. The number of nitrogens with one attached hydrogen (secondary N) is 8. The fourth-order valence-corrected chi connectivity index (χ4v) is 19.9. The number of hydrogen-bond acceptors (Lipinski definition) is 13. The van der Waals surface area contributed by atoms with Crippen LogP contribution in [0.2, 0.25) is 0 Å². The van der Waals surface area contributed by atoms with Crippen LogP contribution < -0.4 is 51.1 Å². The highest BCUT2D eigenvalue weighted by atomic mass is 32.1. The lowest BCUT2D eigenvalue weighted by atomic mass is 10.0. The van der Waals surface area contributed by atoms with Gasteiger partial charge in [-0.2, -0.15) is 5.26 Å². The van der Waals surface area contributed by atoms with Crippen molar-refractivity contribution in [3.8, 4) is 6.07 Å². The molecule has 6 aliphatic rings. The molecule has 8 N–H and O–H groups in total. The van der Waals surface area contributed by atoms with E-state index in [2.05, 4.69) is 259 Å². The fraction of sp³-hybridized carbons (Fsp3) is 0.324. The van der Waals surface area contributed by atoms with Crippen molar-refractivity contribution >= 4 is 115 Å². The lowest BCUT2D eigenvalue weighted by Crippen LogP contribution is -2.44. The zero-order valence-corrected chi connectivity index (χ0v) is 70.3. The van der Waals surface area contributed by atoms with Gasteiger partial charge in [-0.25, -0.2) is 8.78 Å². The minimum atomic E-state index is -0.168. The Balaban J connectivity index is 0.000000107. The quantitative estimate of drug-likeness (QED) is 0.0369. The van der Waals surface area contributed by atoms with Gasteiger partial charge < -0.3 is 66.0 Å². The summed E-state index contributed by atoms with van der Waals surface area (Å²) in [6.07, 6.45) is 20.5. The number of H-pyrrole nitrogens is 3. The summed E-state index contributed by atoms with van der Waals surface area (Å²) in [6.45, 7) is 15.3. The Morgan fingerprint density at radius 1 is 0.317 bits per heavy atom. The molecule has 120 heavy (non-hydrogen) atoms. The van der Waals surface area contributed by atoms with Crippen molar-refractivity contribution in [2.24, 2.45) is 5.92 Å². The number of anilines is 5. The molecule has 1 saturated carbocycles. The van der Waals surface area contributed by atoms with E-state index < -0.39 is 0 Å². The van der Waals surface area contributed by atoms with Gasteiger partial charge in [0.1, 0.15) is 11.6 Å². The molecule has 21 rings (SSSR count). The molecule has 14 nitrogen and oxygen atoms in total. The maximum Gasteiger partial charge on any atom is 0.128 e. The highest BCUT2D eigenvalue weighted by Crippen LogP contribution is 2.38. The van der Waals surface area contributed by atoms with E-state index in [1.54, 1.807) is 24.3 Å². The van der Waals surface area contributed by atoms with Gasteiger partial charge in [-0.15, -0.1) is 22.7 Å². The lowest BCUT2D eigenvalue weighted by Gasteiger charge is -2.36. The second-order valence-electron chi connectivity index (χ2n) is 33.3. The molecule has 0 bridgehead atoms. The van der Waals surface area contributed by atoms with Gasteiger partial charge in [0, 0.05) is 158 Å². The molecule has 10 aromatic carbocycles. The number of rotatable bonds is 20. The van der Waals surface area contributed by atoms with Crippen molar-refractivity contribution in [3.05, 3.63) is 305 Å². The predicted octanol–water partition coefficient (Wildman–Crippen LogP) is 21.6.